The van der Waals surface area contributed by atoms with Crippen molar-refractivity contribution in [1.29, 1.82) is 0 Å². The number of rotatable bonds is 4. The van der Waals surface area contributed by atoms with E-state index in [1.807, 2.05) is 24.3 Å². The standard InChI is InChI=1S/C14H11ClO3S/c1-18-11-4-2-3-5-13(11)19-12-7-6-9(14(16)17)8-10(12)15/h2-8H,1H3,(H,16,17). The summed E-state index contributed by atoms with van der Waals surface area (Å²) in [6, 6.07) is 12.3. The van der Waals surface area contributed by atoms with Crippen molar-refractivity contribution in [3.05, 3.63) is 53.1 Å². The molecule has 0 heterocycles. The van der Waals surface area contributed by atoms with Crippen LogP contribution >= 0.6 is 23.4 Å². The predicted molar refractivity (Wildman–Crippen MR) is 75.5 cm³/mol. The lowest BCUT2D eigenvalue weighted by Gasteiger charge is -2.09. The fourth-order valence-corrected chi connectivity index (χ4v) is 2.76. The molecule has 0 radical (unpaired) electrons. The van der Waals surface area contributed by atoms with Crippen LogP contribution < -0.4 is 4.74 Å². The number of hydrogen-bond donors (Lipinski definition) is 1. The second-order valence-electron chi connectivity index (χ2n) is 3.70. The molecular weight excluding hydrogens is 284 g/mol. The zero-order valence-electron chi connectivity index (χ0n) is 10.1. The molecule has 0 spiro atoms. The summed E-state index contributed by atoms with van der Waals surface area (Å²) in [4.78, 5) is 12.6. The first-order valence-corrected chi connectivity index (χ1v) is 6.65. The molecule has 0 aliphatic heterocycles. The quantitative estimate of drug-likeness (QED) is 0.918. The normalized spacial score (nSPS) is 10.2. The van der Waals surface area contributed by atoms with Gasteiger partial charge in [-0.25, -0.2) is 4.79 Å². The lowest BCUT2D eigenvalue weighted by atomic mass is 10.2. The number of halogens is 1. The average molecular weight is 295 g/mol. The summed E-state index contributed by atoms with van der Waals surface area (Å²) < 4.78 is 5.26. The van der Waals surface area contributed by atoms with Crippen LogP contribution in [0.1, 0.15) is 10.4 Å². The Morgan fingerprint density at radius 3 is 2.58 bits per heavy atom. The zero-order chi connectivity index (χ0) is 13.8. The Morgan fingerprint density at radius 2 is 1.95 bits per heavy atom. The van der Waals surface area contributed by atoms with E-state index in [2.05, 4.69) is 0 Å². The van der Waals surface area contributed by atoms with Gasteiger partial charge in [0.15, 0.2) is 0 Å². The first-order valence-electron chi connectivity index (χ1n) is 5.45. The van der Waals surface area contributed by atoms with Crippen molar-refractivity contribution >= 4 is 29.3 Å². The van der Waals surface area contributed by atoms with E-state index in [1.54, 1.807) is 13.2 Å². The minimum atomic E-state index is -0.990. The summed E-state index contributed by atoms with van der Waals surface area (Å²) >= 11 is 7.53. The van der Waals surface area contributed by atoms with Crippen LogP contribution in [-0.4, -0.2) is 18.2 Å². The number of carboxylic acids is 1. The van der Waals surface area contributed by atoms with E-state index in [4.69, 9.17) is 21.4 Å². The molecule has 5 heteroatoms. The Bertz CT molecular complexity index is 613. The van der Waals surface area contributed by atoms with Crippen LogP contribution in [0.4, 0.5) is 0 Å². The molecule has 0 atom stereocenters. The van der Waals surface area contributed by atoms with Crippen molar-refractivity contribution in [3.8, 4) is 5.75 Å². The highest BCUT2D eigenvalue weighted by atomic mass is 35.5. The highest BCUT2D eigenvalue weighted by Gasteiger charge is 2.10. The lowest BCUT2D eigenvalue weighted by molar-refractivity contribution is 0.0697. The van der Waals surface area contributed by atoms with Crippen LogP contribution in [0.15, 0.2) is 52.3 Å². The topological polar surface area (TPSA) is 46.5 Å². The number of aromatic carboxylic acids is 1. The number of benzene rings is 2. The first kappa shape index (κ1) is 13.8. The van der Waals surface area contributed by atoms with Crippen molar-refractivity contribution in [2.75, 3.05) is 7.11 Å². The van der Waals surface area contributed by atoms with E-state index in [0.717, 1.165) is 15.5 Å². The molecule has 0 bridgehead atoms. The van der Waals surface area contributed by atoms with Crippen LogP contribution in [0.25, 0.3) is 0 Å². The van der Waals surface area contributed by atoms with Gasteiger partial charge in [-0.2, -0.15) is 0 Å². The first-order chi connectivity index (χ1) is 9.11. The molecule has 2 rings (SSSR count). The van der Waals surface area contributed by atoms with Gasteiger partial charge >= 0.3 is 5.97 Å². The number of carboxylic acid groups (broad SMARTS) is 1. The second kappa shape index (κ2) is 5.99. The maximum Gasteiger partial charge on any atom is 0.335 e. The molecule has 1 N–H and O–H groups in total. The molecule has 0 fully saturated rings. The molecule has 3 nitrogen and oxygen atoms in total. The molecule has 98 valence electrons. The third-order valence-corrected chi connectivity index (χ3v) is 4.03. The molecule has 19 heavy (non-hydrogen) atoms. The summed E-state index contributed by atoms with van der Waals surface area (Å²) in [5.74, 6) is -0.235. The third-order valence-electron chi connectivity index (χ3n) is 2.47. The van der Waals surface area contributed by atoms with E-state index in [0.29, 0.717) is 5.02 Å². The van der Waals surface area contributed by atoms with Crippen LogP contribution in [0, 0.1) is 0 Å². The average Bonchev–Trinajstić information content (AvgIpc) is 2.41. The van der Waals surface area contributed by atoms with E-state index in [-0.39, 0.29) is 5.56 Å². The largest absolute Gasteiger partial charge is 0.496 e. The molecule has 0 saturated carbocycles. The Morgan fingerprint density at radius 1 is 1.21 bits per heavy atom. The van der Waals surface area contributed by atoms with Gasteiger partial charge in [0, 0.05) is 4.90 Å². The molecular formula is C14H11ClO3S. The minimum Gasteiger partial charge on any atom is -0.496 e. The predicted octanol–water partition coefficient (Wildman–Crippen LogP) is 4.20. The fourth-order valence-electron chi connectivity index (χ4n) is 1.54. The van der Waals surface area contributed by atoms with Crippen LogP contribution in [0.2, 0.25) is 5.02 Å². The Labute approximate surface area is 120 Å². The van der Waals surface area contributed by atoms with Crippen molar-refractivity contribution in [2.24, 2.45) is 0 Å². The Kier molecular flexibility index (Phi) is 4.35. The Hall–Kier alpha value is -1.65. The Balaban J connectivity index is 2.31. The van der Waals surface area contributed by atoms with Gasteiger partial charge < -0.3 is 9.84 Å². The zero-order valence-corrected chi connectivity index (χ0v) is 11.7. The molecule has 0 aromatic heterocycles. The summed E-state index contributed by atoms with van der Waals surface area (Å²) in [6.45, 7) is 0. The third kappa shape index (κ3) is 3.22. The van der Waals surface area contributed by atoms with Gasteiger partial charge in [-0.1, -0.05) is 35.5 Å². The van der Waals surface area contributed by atoms with Crippen molar-refractivity contribution < 1.29 is 14.6 Å². The molecule has 0 aliphatic carbocycles. The summed E-state index contributed by atoms with van der Waals surface area (Å²) in [6.07, 6.45) is 0. The van der Waals surface area contributed by atoms with Gasteiger partial charge in [-0.3, -0.25) is 0 Å². The van der Waals surface area contributed by atoms with Gasteiger partial charge in [0.1, 0.15) is 5.75 Å². The number of hydrogen-bond acceptors (Lipinski definition) is 3. The smallest absolute Gasteiger partial charge is 0.335 e. The molecule has 0 saturated heterocycles. The van der Waals surface area contributed by atoms with E-state index < -0.39 is 5.97 Å². The van der Waals surface area contributed by atoms with E-state index >= 15 is 0 Å². The lowest BCUT2D eigenvalue weighted by Crippen LogP contribution is -1.95. The van der Waals surface area contributed by atoms with Gasteiger partial charge in [0.25, 0.3) is 0 Å². The maximum atomic E-state index is 10.8. The number of carbonyl (C=O) groups is 1. The number of ether oxygens (including phenoxy) is 1. The monoisotopic (exact) mass is 294 g/mol. The fraction of sp³-hybridized carbons (Fsp3) is 0.0714. The molecule has 0 amide bonds. The number of methoxy groups -OCH3 is 1. The summed E-state index contributed by atoms with van der Waals surface area (Å²) in [7, 11) is 1.61. The molecule has 2 aromatic rings. The molecule has 0 unspecified atom stereocenters. The summed E-state index contributed by atoms with van der Waals surface area (Å²) in [5.41, 5.74) is 0.175. The van der Waals surface area contributed by atoms with Crippen molar-refractivity contribution in [2.45, 2.75) is 9.79 Å². The molecule has 0 aliphatic rings. The van der Waals surface area contributed by atoms with Crippen LogP contribution in [0.3, 0.4) is 0 Å². The van der Waals surface area contributed by atoms with Crippen molar-refractivity contribution in [3.63, 3.8) is 0 Å². The van der Waals surface area contributed by atoms with Crippen molar-refractivity contribution in [1.82, 2.24) is 0 Å². The van der Waals surface area contributed by atoms with Gasteiger partial charge in [0.2, 0.25) is 0 Å². The summed E-state index contributed by atoms with van der Waals surface area (Å²) in [5, 5.41) is 9.30. The highest BCUT2D eigenvalue weighted by Crippen LogP contribution is 2.38. The number of para-hydroxylation sites is 1. The highest BCUT2D eigenvalue weighted by molar-refractivity contribution is 7.99. The van der Waals surface area contributed by atoms with Crippen LogP contribution in [0.5, 0.6) is 5.75 Å². The minimum absolute atomic E-state index is 0.175. The maximum absolute atomic E-state index is 10.8. The second-order valence-corrected chi connectivity index (χ2v) is 5.19. The van der Waals surface area contributed by atoms with Crippen LogP contribution in [-0.2, 0) is 0 Å². The van der Waals surface area contributed by atoms with Gasteiger partial charge in [-0.15, -0.1) is 0 Å². The van der Waals surface area contributed by atoms with Gasteiger partial charge in [-0.05, 0) is 30.3 Å². The van der Waals surface area contributed by atoms with Gasteiger partial charge in [0.05, 0.1) is 22.6 Å². The van der Waals surface area contributed by atoms with E-state index in [9.17, 15) is 4.79 Å². The van der Waals surface area contributed by atoms with E-state index in [1.165, 1.54) is 23.9 Å². The SMILES string of the molecule is COc1ccccc1Sc1ccc(C(=O)O)cc1Cl. The molecule has 2 aromatic carbocycles.